The first-order valence-corrected chi connectivity index (χ1v) is 11.5. The molecule has 3 aromatic rings. The van der Waals surface area contributed by atoms with Crippen molar-refractivity contribution >= 4 is 22.7 Å². The Hall–Kier alpha value is -1.58. The Kier molecular flexibility index (Phi) is 6.87. The highest BCUT2D eigenvalue weighted by Gasteiger charge is 2.24. The third kappa shape index (κ3) is 5.07. The van der Waals surface area contributed by atoms with E-state index in [9.17, 15) is 0 Å². The molecule has 0 aliphatic carbocycles. The number of ether oxygens (including phenoxy) is 1. The average molecular weight is 419 g/mol. The van der Waals surface area contributed by atoms with E-state index in [0.717, 1.165) is 63.0 Å². The van der Waals surface area contributed by atoms with Crippen LogP contribution in [-0.2, 0) is 11.2 Å². The molecule has 1 unspecified atom stereocenters. The molecule has 1 aliphatic heterocycles. The fourth-order valence-electron chi connectivity index (χ4n) is 3.50. The van der Waals surface area contributed by atoms with Gasteiger partial charge >= 0.3 is 0 Å². The first kappa shape index (κ1) is 19.7. The molecule has 0 bridgehead atoms. The molecule has 0 spiro atoms. The minimum Gasteiger partial charge on any atom is -0.379 e. The van der Waals surface area contributed by atoms with Gasteiger partial charge in [-0.05, 0) is 42.9 Å². The number of nitrogens with zero attached hydrogens (tertiary/aromatic N) is 4. The molecule has 1 aliphatic rings. The van der Waals surface area contributed by atoms with Gasteiger partial charge in [0.2, 0.25) is 11.7 Å². The summed E-state index contributed by atoms with van der Waals surface area (Å²) in [5.74, 6) is 1.42. The quantitative estimate of drug-likeness (QED) is 0.527. The number of hydrogen-bond acceptors (Lipinski definition) is 8. The van der Waals surface area contributed by atoms with Crippen LogP contribution in [0.25, 0.3) is 10.7 Å². The minimum atomic E-state index is 0.433. The fourth-order valence-corrected chi connectivity index (χ4v) is 5.01. The number of morpholine rings is 1. The van der Waals surface area contributed by atoms with Crippen LogP contribution in [0.4, 0.5) is 0 Å². The molecule has 6 nitrogen and oxygen atoms in total. The van der Waals surface area contributed by atoms with E-state index in [-0.39, 0.29) is 0 Å². The molecule has 4 heterocycles. The zero-order chi connectivity index (χ0) is 19.2. The molecule has 1 atom stereocenters. The summed E-state index contributed by atoms with van der Waals surface area (Å²) in [4.78, 5) is 12.0. The van der Waals surface area contributed by atoms with Crippen molar-refractivity contribution in [3.8, 4) is 10.7 Å². The molecule has 0 amide bonds. The molecule has 4 rings (SSSR count). The Morgan fingerprint density at radius 2 is 2.00 bits per heavy atom. The number of hydrogen-bond donors (Lipinski definition) is 0. The van der Waals surface area contributed by atoms with Crippen LogP contribution < -0.4 is 0 Å². The van der Waals surface area contributed by atoms with Gasteiger partial charge in [0.05, 0.1) is 24.1 Å². The van der Waals surface area contributed by atoms with E-state index in [1.165, 1.54) is 4.88 Å². The minimum absolute atomic E-state index is 0.433. The van der Waals surface area contributed by atoms with Crippen molar-refractivity contribution in [2.24, 2.45) is 0 Å². The number of aryl methyl sites for hydroxylation is 1. The molecular weight excluding hydrogens is 392 g/mol. The lowest BCUT2D eigenvalue weighted by atomic mass is 10.1. The second-order valence-corrected chi connectivity index (χ2v) is 8.96. The monoisotopic (exact) mass is 418 g/mol. The van der Waals surface area contributed by atoms with Gasteiger partial charge in [-0.15, -0.1) is 22.7 Å². The zero-order valence-corrected chi connectivity index (χ0v) is 17.8. The highest BCUT2D eigenvalue weighted by Crippen LogP contribution is 2.27. The summed E-state index contributed by atoms with van der Waals surface area (Å²) in [5, 5.41) is 8.29. The Labute approximate surface area is 173 Å². The van der Waals surface area contributed by atoms with Gasteiger partial charge in [-0.2, -0.15) is 4.98 Å². The lowest BCUT2D eigenvalue weighted by molar-refractivity contribution is 0.0101. The van der Waals surface area contributed by atoms with E-state index < -0.39 is 0 Å². The molecular formula is C20H26N4O2S2. The van der Waals surface area contributed by atoms with Gasteiger partial charge < -0.3 is 14.2 Å². The molecule has 8 heteroatoms. The van der Waals surface area contributed by atoms with E-state index in [0.29, 0.717) is 11.9 Å². The van der Waals surface area contributed by atoms with E-state index in [4.69, 9.17) is 9.26 Å². The maximum absolute atomic E-state index is 5.54. The highest BCUT2D eigenvalue weighted by molar-refractivity contribution is 7.13. The van der Waals surface area contributed by atoms with Crippen LogP contribution in [0.2, 0.25) is 0 Å². The summed E-state index contributed by atoms with van der Waals surface area (Å²) in [6.07, 6.45) is 1.81. The average Bonchev–Trinajstić information content (AvgIpc) is 3.49. The summed E-state index contributed by atoms with van der Waals surface area (Å²) in [5.41, 5.74) is 0. The smallest absolute Gasteiger partial charge is 0.227 e. The predicted molar refractivity (Wildman–Crippen MR) is 113 cm³/mol. The van der Waals surface area contributed by atoms with Crippen LogP contribution in [0.5, 0.6) is 0 Å². The van der Waals surface area contributed by atoms with Gasteiger partial charge in [0, 0.05) is 30.9 Å². The molecule has 0 saturated carbocycles. The van der Waals surface area contributed by atoms with E-state index in [1.807, 2.05) is 28.8 Å². The van der Waals surface area contributed by atoms with Crippen molar-refractivity contribution < 1.29 is 9.26 Å². The standard InChI is InChI=1S/C20H26N4O2S2/c1-23(8-2-7-19-21-20(22-26-19)18-6-4-14-28-18)15-16(17-5-3-13-27-17)24-9-11-25-12-10-24/h3-6,13-14,16H,2,7-12,15H2,1H3. The summed E-state index contributed by atoms with van der Waals surface area (Å²) in [7, 11) is 2.20. The largest absolute Gasteiger partial charge is 0.379 e. The fraction of sp³-hybridized carbons (Fsp3) is 0.500. The van der Waals surface area contributed by atoms with Crippen LogP contribution in [-0.4, -0.2) is 66.4 Å². The molecule has 3 aromatic heterocycles. The summed E-state index contributed by atoms with van der Waals surface area (Å²) < 4.78 is 11.0. The lowest BCUT2D eigenvalue weighted by Crippen LogP contribution is -2.43. The molecule has 0 radical (unpaired) electrons. The van der Waals surface area contributed by atoms with E-state index in [2.05, 4.69) is 44.5 Å². The van der Waals surface area contributed by atoms with Crippen molar-refractivity contribution in [2.45, 2.75) is 18.9 Å². The molecule has 150 valence electrons. The predicted octanol–water partition coefficient (Wildman–Crippen LogP) is 3.80. The molecule has 1 fully saturated rings. The third-order valence-corrected chi connectivity index (χ3v) is 6.82. The van der Waals surface area contributed by atoms with Crippen LogP contribution in [0.15, 0.2) is 39.5 Å². The van der Waals surface area contributed by atoms with Crippen LogP contribution in [0, 0.1) is 0 Å². The van der Waals surface area contributed by atoms with Crippen molar-refractivity contribution in [1.82, 2.24) is 19.9 Å². The number of rotatable bonds is 9. The van der Waals surface area contributed by atoms with Crippen molar-refractivity contribution in [2.75, 3.05) is 46.4 Å². The van der Waals surface area contributed by atoms with Crippen LogP contribution in [0.3, 0.4) is 0 Å². The summed E-state index contributed by atoms with van der Waals surface area (Å²) >= 11 is 3.48. The Balaban J connectivity index is 1.28. The summed E-state index contributed by atoms with van der Waals surface area (Å²) in [6, 6.07) is 8.85. The van der Waals surface area contributed by atoms with Crippen molar-refractivity contribution in [3.63, 3.8) is 0 Å². The normalized spacial score (nSPS) is 16.6. The van der Waals surface area contributed by atoms with Crippen molar-refractivity contribution in [1.29, 1.82) is 0 Å². The van der Waals surface area contributed by atoms with Gasteiger partial charge in [0.15, 0.2) is 0 Å². The van der Waals surface area contributed by atoms with Crippen LogP contribution >= 0.6 is 22.7 Å². The maximum Gasteiger partial charge on any atom is 0.227 e. The van der Waals surface area contributed by atoms with Gasteiger partial charge in [-0.25, -0.2) is 0 Å². The second kappa shape index (κ2) is 9.76. The van der Waals surface area contributed by atoms with E-state index >= 15 is 0 Å². The second-order valence-electron chi connectivity index (χ2n) is 7.03. The first-order chi connectivity index (χ1) is 13.8. The molecule has 0 aromatic carbocycles. The van der Waals surface area contributed by atoms with Crippen LogP contribution in [0.1, 0.15) is 23.2 Å². The molecule has 28 heavy (non-hydrogen) atoms. The lowest BCUT2D eigenvalue weighted by Gasteiger charge is -2.36. The van der Waals surface area contributed by atoms with Gasteiger partial charge in [0.25, 0.3) is 0 Å². The first-order valence-electron chi connectivity index (χ1n) is 9.70. The summed E-state index contributed by atoms with van der Waals surface area (Å²) in [6.45, 7) is 5.69. The number of aromatic nitrogens is 2. The number of likely N-dealkylation sites (N-methyl/N-ethyl adjacent to an activating group) is 1. The van der Waals surface area contributed by atoms with Gasteiger partial charge in [-0.1, -0.05) is 17.3 Å². The maximum atomic E-state index is 5.54. The number of thiophene rings is 2. The third-order valence-electron chi connectivity index (χ3n) is 4.98. The Morgan fingerprint density at radius 3 is 2.75 bits per heavy atom. The molecule has 1 saturated heterocycles. The SMILES string of the molecule is CN(CCCc1nc(-c2cccs2)no1)CC(c1cccs1)N1CCOCC1. The van der Waals surface area contributed by atoms with E-state index in [1.54, 1.807) is 11.3 Å². The van der Waals surface area contributed by atoms with Gasteiger partial charge in [-0.3, -0.25) is 4.90 Å². The molecule has 0 N–H and O–H groups in total. The Bertz CT molecular complexity index is 813. The van der Waals surface area contributed by atoms with Gasteiger partial charge in [0.1, 0.15) is 0 Å². The highest BCUT2D eigenvalue weighted by atomic mass is 32.1. The van der Waals surface area contributed by atoms with Crippen molar-refractivity contribution in [3.05, 3.63) is 45.8 Å². The topological polar surface area (TPSA) is 54.6 Å². The zero-order valence-electron chi connectivity index (χ0n) is 16.1. The Morgan fingerprint density at radius 1 is 1.18 bits per heavy atom.